The van der Waals surface area contributed by atoms with Gasteiger partial charge in [-0.25, -0.2) is 4.68 Å². The van der Waals surface area contributed by atoms with Gasteiger partial charge in [-0.1, -0.05) is 41.9 Å². The van der Waals surface area contributed by atoms with E-state index >= 15 is 0 Å². The topological polar surface area (TPSA) is 76.5 Å². The zero-order valence-corrected chi connectivity index (χ0v) is 20.4. The summed E-state index contributed by atoms with van der Waals surface area (Å²) in [6.45, 7) is 6.56. The molecule has 1 unspecified atom stereocenters. The van der Waals surface area contributed by atoms with Crippen molar-refractivity contribution in [3.63, 3.8) is 0 Å². The smallest absolute Gasteiger partial charge is 0.259 e. The van der Waals surface area contributed by atoms with Crippen LogP contribution in [0.3, 0.4) is 0 Å². The van der Waals surface area contributed by atoms with E-state index in [4.69, 9.17) is 16.3 Å². The van der Waals surface area contributed by atoms with Crippen molar-refractivity contribution in [3.8, 4) is 5.69 Å². The zero-order valence-electron chi connectivity index (χ0n) is 19.7. The molecular weight excluding hydrogens is 452 g/mol. The summed E-state index contributed by atoms with van der Waals surface area (Å²) in [6.07, 6.45) is 1.67. The highest BCUT2D eigenvalue weighted by Gasteiger charge is 2.30. The number of nitrogens with one attached hydrogen (secondary N) is 1. The largest absolute Gasteiger partial charge is 0.376 e. The molecule has 1 aromatic heterocycles. The molecule has 2 amide bonds. The van der Waals surface area contributed by atoms with E-state index in [1.54, 1.807) is 11.6 Å². The first-order chi connectivity index (χ1) is 16.3. The number of benzene rings is 2. The minimum atomic E-state index is -0.337. The molecule has 1 aliphatic heterocycles. The first-order valence-electron chi connectivity index (χ1n) is 11.4. The SMILES string of the molecule is Cc1cccc(NC(=O)CN(CC2CCCO2)C(=O)c2c(C)nn(-c3ccccc3)c2Cl)c1C. The lowest BCUT2D eigenvalue weighted by Gasteiger charge is -2.25. The van der Waals surface area contributed by atoms with Crippen molar-refractivity contribution in [1.82, 2.24) is 14.7 Å². The van der Waals surface area contributed by atoms with Crippen LogP contribution >= 0.6 is 11.6 Å². The Balaban J connectivity index is 1.59. The number of carbonyl (C=O) groups excluding carboxylic acids is 2. The third-order valence-electron chi connectivity index (χ3n) is 6.17. The number of nitrogens with zero attached hydrogens (tertiary/aromatic N) is 3. The third kappa shape index (κ3) is 5.16. The normalized spacial score (nSPS) is 15.4. The standard InChI is InChI=1S/C26H29ClN4O3/c1-17-9-7-13-22(18(17)2)28-23(32)16-30(15-21-12-8-14-34-21)26(33)24-19(3)29-31(25(24)27)20-10-5-4-6-11-20/h4-7,9-11,13,21H,8,12,14-16H2,1-3H3,(H,28,32). The fraction of sp³-hybridized carbons (Fsp3) is 0.346. The van der Waals surface area contributed by atoms with Gasteiger partial charge in [0.05, 0.1) is 23.0 Å². The maximum absolute atomic E-state index is 13.7. The van der Waals surface area contributed by atoms with E-state index in [0.717, 1.165) is 35.3 Å². The molecule has 1 saturated heterocycles. The fourth-order valence-electron chi connectivity index (χ4n) is 4.14. The number of aryl methyl sites for hydroxylation is 2. The van der Waals surface area contributed by atoms with Crippen LogP contribution in [0.15, 0.2) is 48.5 Å². The van der Waals surface area contributed by atoms with E-state index in [9.17, 15) is 9.59 Å². The molecule has 3 aromatic rings. The minimum absolute atomic E-state index is 0.110. The maximum Gasteiger partial charge on any atom is 0.259 e. The number of halogens is 1. The van der Waals surface area contributed by atoms with Crippen LogP contribution in [-0.2, 0) is 9.53 Å². The van der Waals surface area contributed by atoms with Gasteiger partial charge in [0.15, 0.2) is 0 Å². The van der Waals surface area contributed by atoms with Gasteiger partial charge in [0, 0.05) is 18.8 Å². The van der Waals surface area contributed by atoms with Crippen LogP contribution in [0.25, 0.3) is 5.69 Å². The lowest BCUT2D eigenvalue weighted by Crippen LogP contribution is -2.42. The first kappa shape index (κ1) is 24.0. The molecule has 0 aliphatic carbocycles. The Morgan fingerprint density at radius 3 is 2.62 bits per heavy atom. The van der Waals surface area contributed by atoms with Gasteiger partial charge in [-0.3, -0.25) is 9.59 Å². The number of ether oxygens (including phenoxy) is 1. The van der Waals surface area contributed by atoms with Gasteiger partial charge in [0.25, 0.3) is 5.91 Å². The Morgan fingerprint density at radius 2 is 1.91 bits per heavy atom. The Hall–Kier alpha value is -3.16. The van der Waals surface area contributed by atoms with Crippen molar-refractivity contribution in [2.45, 2.75) is 39.7 Å². The molecule has 178 valence electrons. The summed E-state index contributed by atoms with van der Waals surface area (Å²) < 4.78 is 7.31. The van der Waals surface area contributed by atoms with E-state index in [-0.39, 0.29) is 29.6 Å². The Kier molecular flexibility index (Phi) is 7.34. The summed E-state index contributed by atoms with van der Waals surface area (Å²) in [7, 11) is 0. The van der Waals surface area contributed by atoms with Gasteiger partial charge in [-0.15, -0.1) is 0 Å². The molecule has 0 spiro atoms. The van der Waals surface area contributed by atoms with Crippen LogP contribution in [0.2, 0.25) is 5.15 Å². The van der Waals surface area contributed by atoms with Gasteiger partial charge in [0.1, 0.15) is 11.7 Å². The van der Waals surface area contributed by atoms with Crippen LogP contribution < -0.4 is 5.32 Å². The minimum Gasteiger partial charge on any atom is -0.376 e. The monoisotopic (exact) mass is 480 g/mol. The number of para-hydroxylation sites is 1. The van der Waals surface area contributed by atoms with E-state index in [1.807, 2.05) is 62.4 Å². The predicted molar refractivity (Wildman–Crippen MR) is 133 cm³/mol. The average molecular weight is 481 g/mol. The van der Waals surface area contributed by atoms with E-state index in [1.165, 1.54) is 4.90 Å². The van der Waals surface area contributed by atoms with Gasteiger partial charge in [-0.2, -0.15) is 5.10 Å². The van der Waals surface area contributed by atoms with Crippen molar-refractivity contribution in [2.24, 2.45) is 0 Å². The Morgan fingerprint density at radius 1 is 1.15 bits per heavy atom. The fourth-order valence-corrected chi connectivity index (χ4v) is 4.50. The Labute approximate surface area is 204 Å². The number of anilines is 1. The van der Waals surface area contributed by atoms with Crippen molar-refractivity contribution in [1.29, 1.82) is 0 Å². The number of carbonyl (C=O) groups is 2. The van der Waals surface area contributed by atoms with Gasteiger partial charge < -0.3 is 15.0 Å². The quantitative estimate of drug-likeness (QED) is 0.531. The van der Waals surface area contributed by atoms with Crippen LogP contribution in [0.5, 0.6) is 0 Å². The lowest BCUT2D eigenvalue weighted by atomic mass is 10.1. The molecule has 0 saturated carbocycles. The van der Waals surface area contributed by atoms with Crippen molar-refractivity contribution < 1.29 is 14.3 Å². The molecule has 0 bridgehead atoms. The Bertz CT molecular complexity index is 1190. The molecule has 8 heteroatoms. The van der Waals surface area contributed by atoms with Crippen molar-refractivity contribution >= 4 is 29.1 Å². The molecule has 4 rings (SSSR count). The van der Waals surface area contributed by atoms with E-state index in [0.29, 0.717) is 24.4 Å². The number of rotatable bonds is 7. The molecule has 2 heterocycles. The summed E-state index contributed by atoms with van der Waals surface area (Å²) >= 11 is 6.65. The molecule has 7 nitrogen and oxygen atoms in total. The molecule has 1 fully saturated rings. The molecule has 1 atom stereocenters. The molecule has 0 radical (unpaired) electrons. The summed E-state index contributed by atoms with van der Waals surface area (Å²) in [5, 5.41) is 7.66. The summed E-state index contributed by atoms with van der Waals surface area (Å²) in [6, 6.07) is 15.1. The number of aromatic nitrogens is 2. The zero-order chi connectivity index (χ0) is 24.2. The summed E-state index contributed by atoms with van der Waals surface area (Å²) in [5.74, 6) is -0.611. The molecule has 1 N–H and O–H groups in total. The molecule has 34 heavy (non-hydrogen) atoms. The van der Waals surface area contributed by atoms with Gasteiger partial charge in [-0.05, 0) is 62.9 Å². The van der Waals surface area contributed by atoms with E-state index in [2.05, 4.69) is 10.4 Å². The van der Waals surface area contributed by atoms with Crippen molar-refractivity contribution in [2.75, 3.05) is 25.0 Å². The van der Waals surface area contributed by atoms with E-state index < -0.39 is 0 Å². The molecule has 1 aliphatic rings. The third-order valence-corrected chi connectivity index (χ3v) is 6.52. The van der Waals surface area contributed by atoms with Crippen LogP contribution in [0.4, 0.5) is 5.69 Å². The van der Waals surface area contributed by atoms with Gasteiger partial charge >= 0.3 is 0 Å². The van der Waals surface area contributed by atoms with Crippen LogP contribution in [-0.4, -0.2) is 52.3 Å². The lowest BCUT2D eigenvalue weighted by molar-refractivity contribution is -0.117. The van der Waals surface area contributed by atoms with Crippen LogP contribution in [0, 0.1) is 20.8 Å². The van der Waals surface area contributed by atoms with Gasteiger partial charge in [0.2, 0.25) is 5.91 Å². The molecular formula is C26H29ClN4O3. The molecule has 2 aromatic carbocycles. The van der Waals surface area contributed by atoms with Crippen LogP contribution in [0.1, 0.15) is 40.0 Å². The number of hydrogen-bond donors (Lipinski definition) is 1. The number of amides is 2. The highest BCUT2D eigenvalue weighted by atomic mass is 35.5. The summed E-state index contributed by atoms with van der Waals surface area (Å²) in [5.41, 5.74) is 4.37. The second-order valence-electron chi connectivity index (χ2n) is 8.61. The van der Waals surface area contributed by atoms with Crippen molar-refractivity contribution in [3.05, 3.63) is 76.1 Å². The predicted octanol–water partition coefficient (Wildman–Crippen LogP) is 4.71. The number of hydrogen-bond acceptors (Lipinski definition) is 4. The second-order valence-corrected chi connectivity index (χ2v) is 8.97. The first-order valence-corrected chi connectivity index (χ1v) is 11.8. The highest BCUT2D eigenvalue weighted by Crippen LogP contribution is 2.26. The summed E-state index contributed by atoms with van der Waals surface area (Å²) in [4.78, 5) is 28.2. The maximum atomic E-state index is 13.7. The highest BCUT2D eigenvalue weighted by molar-refractivity contribution is 6.33. The average Bonchev–Trinajstić information content (AvgIpc) is 3.44. The second kappa shape index (κ2) is 10.4.